The van der Waals surface area contributed by atoms with E-state index in [0.29, 0.717) is 34.6 Å². The van der Waals surface area contributed by atoms with Crippen molar-refractivity contribution in [2.24, 2.45) is 5.92 Å². The number of carbonyl (C=O) groups excluding carboxylic acids is 2. The second-order valence-corrected chi connectivity index (χ2v) is 9.88. The molecule has 1 aliphatic heterocycles. The number of rotatable bonds is 6. The maximum Gasteiger partial charge on any atom is 0.273 e. The molecule has 3 heterocycles. The highest BCUT2D eigenvalue weighted by Gasteiger charge is 2.30. The molecule has 3 aromatic rings. The fourth-order valence-corrected chi connectivity index (χ4v) is 5.05. The molecule has 1 saturated carbocycles. The molecule has 178 valence electrons. The molecule has 2 aliphatic rings. The lowest BCUT2D eigenvalue weighted by atomic mass is 9.96. The zero-order chi connectivity index (χ0) is 23.8. The molecule has 5 rings (SSSR count). The van der Waals surface area contributed by atoms with E-state index in [-0.39, 0.29) is 29.6 Å². The summed E-state index contributed by atoms with van der Waals surface area (Å²) in [6.45, 7) is 2.83. The predicted octanol–water partition coefficient (Wildman–Crippen LogP) is 2.43. The number of nitrogens with one attached hydrogen (secondary N) is 2. The van der Waals surface area contributed by atoms with E-state index < -0.39 is 11.7 Å². The molecule has 0 bridgehead atoms. The third-order valence-corrected chi connectivity index (χ3v) is 7.24. The van der Waals surface area contributed by atoms with Crippen LogP contribution in [0.2, 0.25) is 0 Å². The van der Waals surface area contributed by atoms with E-state index in [0.717, 1.165) is 31.2 Å². The van der Waals surface area contributed by atoms with E-state index in [1.165, 1.54) is 34.4 Å². The van der Waals surface area contributed by atoms with Crippen LogP contribution in [0.25, 0.3) is 10.3 Å². The number of carbonyl (C=O) groups is 2. The van der Waals surface area contributed by atoms with Gasteiger partial charge in [-0.2, -0.15) is 4.98 Å². The second kappa shape index (κ2) is 9.13. The van der Waals surface area contributed by atoms with Gasteiger partial charge in [-0.05, 0) is 50.3 Å². The topological polar surface area (TPSA) is 109 Å². The summed E-state index contributed by atoms with van der Waals surface area (Å²) in [7, 11) is 0. The first-order chi connectivity index (χ1) is 16.4. The molecule has 1 aromatic carbocycles. The molecular weight excluding hydrogens is 459 g/mol. The van der Waals surface area contributed by atoms with Crippen molar-refractivity contribution in [1.29, 1.82) is 0 Å². The Morgan fingerprint density at radius 2 is 1.97 bits per heavy atom. The van der Waals surface area contributed by atoms with Gasteiger partial charge in [-0.25, -0.2) is 9.37 Å². The number of benzene rings is 1. The van der Waals surface area contributed by atoms with Crippen LogP contribution in [-0.4, -0.2) is 45.5 Å². The van der Waals surface area contributed by atoms with E-state index in [1.807, 2.05) is 0 Å². The van der Waals surface area contributed by atoms with Gasteiger partial charge in [0.15, 0.2) is 10.8 Å². The summed E-state index contributed by atoms with van der Waals surface area (Å²) in [6.07, 6.45) is 4.91. The minimum Gasteiger partial charge on any atom is -0.353 e. The van der Waals surface area contributed by atoms with E-state index in [9.17, 15) is 18.8 Å². The normalized spacial score (nSPS) is 16.6. The average Bonchev–Trinajstić information content (AvgIpc) is 3.52. The summed E-state index contributed by atoms with van der Waals surface area (Å²) in [5.41, 5.74) is 0.770. The molecule has 0 atom stereocenters. The number of aryl methyl sites for hydroxylation is 1. The summed E-state index contributed by atoms with van der Waals surface area (Å²) in [6, 6.07) is 4.87. The molecule has 9 nitrogen and oxygen atoms in total. The molecular formula is C23H25FN6O3S. The van der Waals surface area contributed by atoms with Gasteiger partial charge in [0.05, 0.1) is 5.69 Å². The molecule has 1 aliphatic carbocycles. The van der Waals surface area contributed by atoms with Crippen LogP contribution in [0.15, 0.2) is 29.3 Å². The Hall–Kier alpha value is -3.34. The molecule has 2 fully saturated rings. The summed E-state index contributed by atoms with van der Waals surface area (Å²) in [4.78, 5) is 48.5. The standard InChI is InChI=1S/C23H25FN6O3S/c1-13-2-5-17(16(24)10-13)27-18(31)11-30-12-25-20-19(22(30)33)34-23(28-20)29-8-6-14(7-9-29)21(32)26-15-3-4-15/h2,5,10,12,14-15H,3-4,6-9,11H2,1H3,(H,26,32)(H,27,31). The monoisotopic (exact) mass is 484 g/mol. The van der Waals surface area contributed by atoms with Crippen molar-refractivity contribution in [3.05, 3.63) is 46.3 Å². The van der Waals surface area contributed by atoms with E-state index in [4.69, 9.17) is 0 Å². The Balaban J connectivity index is 1.25. The van der Waals surface area contributed by atoms with Crippen molar-refractivity contribution >= 4 is 44.3 Å². The van der Waals surface area contributed by atoms with Crippen LogP contribution in [0.4, 0.5) is 15.2 Å². The van der Waals surface area contributed by atoms with Crippen LogP contribution in [0.5, 0.6) is 0 Å². The number of thiazole rings is 1. The van der Waals surface area contributed by atoms with E-state index in [2.05, 4.69) is 25.5 Å². The lowest BCUT2D eigenvalue weighted by Crippen LogP contribution is -2.41. The molecule has 0 radical (unpaired) electrons. The molecule has 11 heteroatoms. The van der Waals surface area contributed by atoms with Gasteiger partial charge in [-0.15, -0.1) is 0 Å². The Kier molecular flexibility index (Phi) is 6.03. The number of aromatic nitrogens is 3. The highest BCUT2D eigenvalue weighted by Crippen LogP contribution is 2.30. The zero-order valence-corrected chi connectivity index (χ0v) is 19.5. The molecule has 2 aromatic heterocycles. The maximum absolute atomic E-state index is 14.0. The van der Waals surface area contributed by atoms with Gasteiger partial charge >= 0.3 is 0 Å². The first-order valence-electron chi connectivity index (χ1n) is 11.3. The third kappa shape index (κ3) is 4.79. The van der Waals surface area contributed by atoms with E-state index >= 15 is 0 Å². The Morgan fingerprint density at radius 3 is 2.68 bits per heavy atom. The molecule has 1 saturated heterocycles. The van der Waals surface area contributed by atoms with E-state index in [1.54, 1.807) is 13.0 Å². The zero-order valence-electron chi connectivity index (χ0n) is 18.7. The molecule has 2 amide bonds. The minimum atomic E-state index is -0.532. The van der Waals surface area contributed by atoms with Crippen molar-refractivity contribution < 1.29 is 14.0 Å². The molecule has 34 heavy (non-hydrogen) atoms. The van der Waals surface area contributed by atoms with Gasteiger partial charge in [0.2, 0.25) is 11.8 Å². The van der Waals surface area contributed by atoms with Crippen LogP contribution in [0, 0.1) is 18.7 Å². The first-order valence-corrected chi connectivity index (χ1v) is 12.2. The van der Waals surface area contributed by atoms with Crippen molar-refractivity contribution in [3.63, 3.8) is 0 Å². The van der Waals surface area contributed by atoms with Crippen molar-refractivity contribution in [3.8, 4) is 0 Å². The van der Waals surface area contributed by atoms with Crippen molar-refractivity contribution in [2.75, 3.05) is 23.3 Å². The largest absolute Gasteiger partial charge is 0.353 e. The minimum absolute atomic E-state index is 0.0125. The lowest BCUT2D eigenvalue weighted by molar-refractivity contribution is -0.125. The van der Waals surface area contributed by atoms with Gasteiger partial charge < -0.3 is 15.5 Å². The number of hydrogen-bond acceptors (Lipinski definition) is 7. The number of fused-ring (bicyclic) bond motifs is 1. The lowest BCUT2D eigenvalue weighted by Gasteiger charge is -2.30. The van der Waals surface area contributed by atoms with Crippen LogP contribution in [0.3, 0.4) is 0 Å². The van der Waals surface area contributed by atoms with Crippen molar-refractivity contribution in [2.45, 2.75) is 45.2 Å². The summed E-state index contributed by atoms with van der Waals surface area (Å²) in [5, 5.41) is 6.25. The summed E-state index contributed by atoms with van der Waals surface area (Å²) >= 11 is 1.24. The molecule has 0 unspecified atom stereocenters. The van der Waals surface area contributed by atoms with Gasteiger partial charge in [-0.1, -0.05) is 17.4 Å². The van der Waals surface area contributed by atoms with Gasteiger partial charge in [0.1, 0.15) is 23.4 Å². The maximum atomic E-state index is 14.0. The molecule has 0 spiro atoms. The highest BCUT2D eigenvalue weighted by molar-refractivity contribution is 7.22. The summed E-state index contributed by atoms with van der Waals surface area (Å²) < 4.78 is 15.6. The van der Waals surface area contributed by atoms with Gasteiger partial charge in [-0.3, -0.25) is 19.0 Å². The fraction of sp³-hybridized carbons (Fsp3) is 0.435. The second-order valence-electron chi connectivity index (χ2n) is 8.90. The number of halogens is 1. The van der Waals surface area contributed by atoms with Crippen LogP contribution in [0.1, 0.15) is 31.2 Å². The SMILES string of the molecule is Cc1ccc(NC(=O)Cn2cnc3nc(N4CCC(C(=O)NC5CC5)CC4)sc3c2=O)c(F)c1. The average molecular weight is 485 g/mol. The smallest absolute Gasteiger partial charge is 0.273 e. The summed E-state index contributed by atoms with van der Waals surface area (Å²) in [5.74, 6) is -0.907. The number of anilines is 2. The number of amides is 2. The highest BCUT2D eigenvalue weighted by atomic mass is 32.1. The quantitative estimate of drug-likeness (QED) is 0.556. The van der Waals surface area contributed by atoms with Crippen LogP contribution in [-0.2, 0) is 16.1 Å². The Labute approximate surface area is 199 Å². The fourth-order valence-electron chi connectivity index (χ4n) is 4.03. The van der Waals surface area contributed by atoms with Gasteiger partial charge in [0.25, 0.3) is 5.56 Å². The number of hydrogen-bond donors (Lipinski definition) is 2. The Bertz CT molecular complexity index is 1310. The Morgan fingerprint density at radius 1 is 1.21 bits per heavy atom. The van der Waals surface area contributed by atoms with Crippen LogP contribution >= 0.6 is 11.3 Å². The molecule has 2 N–H and O–H groups in total. The number of piperidine rings is 1. The van der Waals surface area contributed by atoms with Crippen molar-refractivity contribution in [1.82, 2.24) is 19.9 Å². The first kappa shape index (κ1) is 22.5. The predicted molar refractivity (Wildman–Crippen MR) is 128 cm³/mol. The van der Waals surface area contributed by atoms with Crippen LogP contribution < -0.4 is 21.1 Å². The number of nitrogens with zero attached hydrogens (tertiary/aromatic N) is 4. The third-order valence-electron chi connectivity index (χ3n) is 6.15. The van der Waals surface area contributed by atoms with Gasteiger partial charge in [0, 0.05) is 25.0 Å².